The lowest BCUT2D eigenvalue weighted by atomic mass is 10.1. The van der Waals surface area contributed by atoms with Crippen LogP contribution in [0.15, 0.2) is 47.1 Å². The number of benzene rings is 1. The summed E-state index contributed by atoms with van der Waals surface area (Å²) in [7, 11) is 0. The molecule has 2 aromatic rings. The van der Waals surface area contributed by atoms with Crippen LogP contribution in [0.1, 0.15) is 11.3 Å². The van der Waals surface area contributed by atoms with Gasteiger partial charge in [0.25, 0.3) is 5.91 Å². The third-order valence-corrected chi connectivity index (χ3v) is 3.13. The molecule has 0 spiro atoms. The van der Waals surface area contributed by atoms with E-state index in [-0.39, 0.29) is 13.0 Å². The number of halogens is 1. The van der Waals surface area contributed by atoms with Gasteiger partial charge in [-0.25, -0.2) is 4.79 Å². The molecule has 126 valence electrons. The molecule has 0 atom stereocenters. The molecule has 0 saturated heterocycles. The van der Waals surface area contributed by atoms with Gasteiger partial charge in [-0.2, -0.15) is 0 Å². The molecule has 0 radical (unpaired) electrons. The van der Waals surface area contributed by atoms with Crippen LogP contribution in [-0.4, -0.2) is 24.5 Å². The van der Waals surface area contributed by atoms with Crippen molar-refractivity contribution in [1.82, 2.24) is 10.6 Å². The van der Waals surface area contributed by atoms with E-state index in [1.807, 2.05) is 5.32 Å². The SMILES string of the molecule is O=C(COC(=O)Cc1ccc(Cl)cc1)NC(=O)NCc1ccco1. The van der Waals surface area contributed by atoms with Gasteiger partial charge in [-0.1, -0.05) is 23.7 Å². The number of nitrogens with one attached hydrogen (secondary N) is 2. The minimum absolute atomic E-state index is 0.00907. The van der Waals surface area contributed by atoms with E-state index in [4.69, 9.17) is 20.8 Å². The van der Waals surface area contributed by atoms with Crippen molar-refractivity contribution in [2.75, 3.05) is 6.61 Å². The molecule has 0 aliphatic rings. The largest absolute Gasteiger partial charge is 0.467 e. The molecule has 0 saturated carbocycles. The van der Waals surface area contributed by atoms with Gasteiger partial charge in [0.1, 0.15) is 5.76 Å². The van der Waals surface area contributed by atoms with Gasteiger partial charge in [0.2, 0.25) is 0 Å². The molecule has 7 nitrogen and oxygen atoms in total. The summed E-state index contributed by atoms with van der Waals surface area (Å²) in [5.41, 5.74) is 0.709. The fourth-order valence-electron chi connectivity index (χ4n) is 1.75. The number of amides is 3. The minimum Gasteiger partial charge on any atom is -0.467 e. The summed E-state index contributed by atoms with van der Waals surface area (Å²) in [6.07, 6.45) is 1.48. The molecule has 0 fully saturated rings. The molecule has 24 heavy (non-hydrogen) atoms. The van der Waals surface area contributed by atoms with E-state index >= 15 is 0 Å². The fraction of sp³-hybridized carbons (Fsp3) is 0.188. The van der Waals surface area contributed by atoms with Crippen molar-refractivity contribution in [2.24, 2.45) is 0 Å². The number of carbonyl (C=O) groups is 3. The zero-order valence-corrected chi connectivity index (χ0v) is 13.3. The Morgan fingerprint density at radius 2 is 1.88 bits per heavy atom. The topological polar surface area (TPSA) is 97.6 Å². The lowest BCUT2D eigenvalue weighted by Crippen LogP contribution is -2.41. The average Bonchev–Trinajstić information content (AvgIpc) is 3.07. The first-order valence-corrected chi connectivity index (χ1v) is 7.41. The second kappa shape index (κ2) is 8.73. The van der Waals surface area contributed by atoms with Crippen molar-refractivity contribution in [3.8, 4) is 0 Å². The average molecular weight is 351 g/mol. The van der Waals surface area contributed by atoms with Gasteiger partial charge in [-0.15, -0.1) is 0 Å². The molecule has 1 heterocycles. The number of ether oxygens (including phenoxy) is 1. The highest BCUT2D eigenvalue weighted by molar-refractivity contribution is 6.30. The van der Waals surface area contributed by atoms with E-state index in [9.17, 15) is 14.4 Å². The molecule has 0 unspecified atom stereocenters. The number of urea groups is 1. The van der Waals surface area contributed by atoms with Crippen molar-refractivity contribution >= 4 is 29.5 Å². The summed E-state index contributed by atoms with van der Waals surface area (Å²) in [5, 5.41) is 5.04. The van der Waals surface area contributed by atoms with E-state index in [1.54, 1.807) is 36.4 Å². The van der Waals surface area contributed by atoms with Gasteiger partial charge in [0.05, 0.1) is 19.2 Å². The highest BCUT2D eigenvalue weighted by Gasteiger charge is 2.11. The molecule has 1 aromatic carbocycles. The molecule has 0 aliphatic carbocycles. The Balaban J connectivity index is 1.65. The number of carbonyl (C=O) groups excluding carboxylic acids is 3. The number of hydrogen-bond acceptors (Lipinski definition) is 5. The predicted molar refractivity (Wildman–Crippen MR) is 85.2 cm³/mol. The molecule has 8 heteroatoms. The number of rotatable bonds is 6. The van der Waals surface area contributed by atoms with Crippen LogP contribution in [-0.2, 0) is 27.3 Å². The molecule has 1 aromatic heterocycles. The van der Waals surface area contributed by atoms with Crippen LogP contribution >= 0.6 is 11.6 Å². The first-order chi connectivity index (χ1) is 11.5. The van der Waals surface area contributed by atoms with Crippen LogP contribution in [0.5, 0.6) is 0 Å². The quantitative estimate of drug-likeness (QED) is 0.777. The summed E-state index contributed by atoms with van der Waals surface area (Å²) in [6, 6.07) is 9.34. The van der Waals surface area contributed by atoms with Gasteiger partial charge in [0.15, 0.2) is 6.61 Å². The van der Waals surface area contributed by atoms with Gasteiger partial charge in [-0.05, 0) is 29.8 Å². The Labute approximate surface area is 142 Å². The van der Waals surface area contributed by atoms with E-state index in [1.165, 1.54) is 6.26 Å². The summed E-state index contributed by atoms with van der Waals surface area (Å²) in [6.45, 7) is -0.400. The van der Waals surface area contributed by atoms with Gasteiger partial charge in [0, 0.05) is 5.02 Å². The van der Waals surface area contributed by atoms with Crippen LogP contribution in [0.2, 0.25) is 5.02 Å². The number of imide groups is 1. The Kier molecular flexibility index (Phi) is 6.39. The van der Waals surface area contributed by atoms with E-state index in [0.29, 0.717) is 16.3 Å². The third kappa shape index (κ3) is 6.13. The fourth-order valence-corrected chi connectivity index (χ4v) is 1.88. The second-order valence-corrected chi connectivity index (χ2v) is 5.21. The molecule has 3 amide bonds. The lowest BCUT2D eigenvalue weighted by Gasteiger charge is -2.07. The Hall–Kier alpha value is -2.80. The molecule has 0 aliphatic heterocycles. The molecule has 0 bridgehead atoms. The van der Waals surface area contributed by atoms with Crippen LogP contribution in [0.3, 0.4) is 0 Å². The van der Waals surface area contributed by atoms with E-state index < -0.39 is 24.5 Å². The second-order valence-electron chi connectivity index (χ2n) is 4.77. The van der Waals surface area contributed by atoms with Crippen LogP contribution in [0.4, 0.5) is 4.79 Å². The molecule has 2 rings (SSSR count). The lowest BCUT2D eigenvalue weighted by molar-refractivity contribution is -0.147. The summed E-state index contributed by atoms with van der Waals surface area (Å²) >= 11 is 5.74. The predicted octanol–water partition coefficient (Wildman–Crippen LogP) is 2.04. The van der Waals surface area contributed by atoms with Gasteiger partial charge >= 0.3 is 12.0 Å². The van der Waals surface area contributed by atoms with Crippen LogP contribution in [0.25, 0.3) is 0 Å². The number of furan rings is 1. The van der Waals surface area contributed by atoms with Gasteiger partial charge < -0.3 is 14.5 Å². The monoisotopic (exact) mass is 350 g/mol. The van der Waals surface area contributed by atoms with Crippen molar-refractivity contribution in [3.05, 3.63) is 59.0 Å². The molecule has 2 N–H and O–H groups in total. The third-order valence-electron chi connectivity index (χ3n) is 2.88. The maximum absolute atomic E-state index is 11.6. The number of hydrogen-bond donors (Lipinski definition) is 2. The zero-order valence-electron chi connectivity index (χ0n) is 12.6. The molecular formula is C16H15ClN2O5. The zero-order chi connectivity index (χ0) is 17.4. The van der Waals surface area contributed by atoms with E-state index in [0.717, 1.165) is 0 Å². The normalized spacial score (nSPS) is 10.0. The standard InChI is InChI=1S/C16H15ClN2O5/c17-12-5-3-11(4-6-12)8-15(21)24-10-14(20)19-16(22)18-9-13-2-1-7-23-13/h1-7H,8-10H2,(H2,18,19,20,22). The smallest absolute Gasteiger partial charge is 0.321 e. The molecular weight excluding hydrogens is 336 g/mol. The van der Waals surface area contributed by atoms with Crippen molar-refractivity contribution in [3.63, 3.8) is 0 Å². The number of esters is 1. The Morgan fingerprint density at radius 3 is 2.54 bits per heavy atom. The van der Waals surface area contributed by atoms with E-state index in [2.05, 4.69) is 5.32 Å². The Bertz CT molecular complexity index is 698. The highest BCUT2D eigenvalue weighted by atomic mass is 35.5. The maximum atomic E-state index is 11.6. The maximum Gasteiger partial charge on any atom is 0.321 e. The van der Waals surface area contributed by atoms with Crippen molar-refractivity contribution in [1.29, 1.82) is 0 Å². The first-order valence-electron chi connectivity index (χ1n) is 7.03. The Morgan fingerprint density at radius 1 is 1.12 bits per heavy atom. The highest BCUT2D eigenvalue weighted by Crippen LogP contribution is 2.10. The summed E-state index contributed by atoms with van der Waals surface area (Å²) in [5.74, 6) is -0.758. The van der Waals surface area contributed by atoms with Crippen molar-refractivity contribution < 1.29 is 23.5 Å². The van der Waals surface area contributed by atoms with Gasteiger partial charge in [-0.3, -0.25) is 14.9 Å². The van der Waals surface area contributed by atoms with Crippen LogP contribution < -0.4 is 10.6 Å². The minimum atomic E-state index is -0.726. The van der Waals surface area contributed by atoms with Crippen LogP contribution in [0, 0.1) is 0 Å². The van der Waals surface area contributed by atoms with Crippen molar-refractivity contribution in [2.45, 2.75) is 13.0 Å². The first kappa shape index (κ1) is 17.6. The summed E-state index contributed by atoms with van der Waals surface area (Å²) in [4.78, 5) is 34.6. The summed E-state index contributed by atoms with van der Waals surface area (Å²) < 4.78 is 9.83.